The molecule has 0 aromatic carbocycles. The number of halogens is 1. The smallest absolute Gasteiger partial charge is 0.273 e. The van der Waals surface area contributed by atoms with E-state index in [0.717, 1.165) is 22.7 Å². The molecule has 1 aliphatic heterocycles. The molecule has 0 bridgehead atoms. The van der Waals surface area contributed by atoms with E-state index in [2.05, 4.69) is 4.98 Å². The first-order valence-electron chi connectivity index (χ1n) is 6.32. The first-order valence-corrected chi connectivity index (χ1v) is 8.39. The van der Waals surface area contributed by atoms with Crippen molar-refractivity contribution in [2.45, 2.75) is 18.9 Å². The van der Waals surface area contributed by atoms with E-state index in [1.807, 2.05) is 12.1 Å². The lowest BCUT2D eigenvalue weighted by Gasteiger charge is -2.29. The maximum atomic E-state index is 12.3. The number of likely N-dealkylation sites (tertiary alicyclic amines) is 1. The van der Waals surface area contributed by atoms with Gasteiger partial charge in [0, 0.05) is 18.5 Å². The standard InChI is InChI=1S/C13H13ClN2O2S2/c14-11-4-3-10(20-11)12-15-9(7-19-12)13(18)16-5-1-2-8(17)6-16/h3-4,7-8,17H,1-2,5-6H2. The minimum absolute atomic E-state index is 0.103. The number of carbonyl (C=O) groups is 1. The van der Waals surface area contributed by atoms with Crippen molar-refractivity contribution < 1.29 is 9.90 Å². The highest BCUT2D eigenvalue weighted by atomic mass is 35.5. The van der Waals surface area contributed by atoms with Crippen LogP contribution >= 0.6 is 34.3 Å². The number of rotatable bonds is 2. The van der Waals surface area contributed by atoms with E-state index >= 15 is 0 Å². The van der Waals surface area contributed by atoms with Gasteiger partial charge in [0.2, 0.25) is 0 Å². The molecule has 4 nitrogen and oxygen atoms in total. The van der Waals surface area contributed by atoms with Gasteiger partial charge in [-0.15, -0.1) is 22.7 Å². The summed E-state index contributed by atoms with van der Waals surface area (Å²) in [5.74, 6) is -0.103. The summed E-state index contributed by atoms with van der Waals surface area (Å²) in [5, 5.41) is 12.2. The number of β-amino-alcohol motifs (C(OH)–C–C–N with tert-alkyl or cyclic N) is 1. The molecule has 106 valence electrons. The van der Waals surface area contributed by atoms with E-state index in [0.29, 0.717) is 23.1 Å². The van der Waals surface area contributed by atoms with Gasteiger partial charge in [-0.3, -0.25) is 4.79 Å². The Labute approximate surface area is 129 Å². The quantitative estimate of drug-likeness (QED) is 0.921. The predicted octanol–water partition coefficient (Wildman–Crippen LogP) is 3.12. The first kappa shape index (κ1) is 14.0. The highest BCUT2D eigenvalue weighted by Gasteiger charge is 2.24. The Hall–Kier alpha value is -0.950. The van der Waals surface area contributed by atoms with Crippen LogP contribution in [0.1, 0.15) is 23.3 Å². The van der Waals surface area contributed by atoms with E-state index in [9.17, 15) is 9.90 Å². The van der Waals surface area contributed by atoms with Crippen LogP contribution in [-0.4, -0.2) is 40.1 Å². The summed E-state index contributed by atoms with van der Waals surface area (Å²) in [6.45, 7) is 1.09. The van der Waals surface area contributed by atoms with E-state index in [1.54, 1.807) is 10.3 Å². The van der Waals surface area contributed by atoms with Crippen LogP contribution < -0.4 is 0 Å². The zero-order valence-electron chi connectivity index (χ0n) is 10.6. The largest absolute Gasteiger partial charge is 0.391 e. The monoisotopic (exact) mass is 328 g/mol. The number of amides is 1. The normalized spacial score (nSPS) is 19.3. The molecule has 1 fully saturated rings. The highest BCUT2D eigenvalue weighted by molar-refractivity contribution is 7.23. The Bertz CT molecular complexity index is 625. The number of aliphatic hydroxyl groups excluding tert-OH is 1. The lowest BCUT2D eigenvalue weighted by Crippen LogP contribution is -2.42. The van der Waals surface area contributed by atoms with Gasteiger partial charge in [0.15, 0.2) is 0 Å². The van der Waals surface area contributed by atoms with Crippen molar-refractivity contribution in [1.29, 1.82) is 0 Å². The van der Waals surface area contributed by atoms with Gasteiger partial charge in [0.1, 0.15) is 10.7 Å². The second-order valence-corrected chi connectivity index (χ2v) is 7.26. The topological polar surface area (TPSA) is 53.4 Å². The molecule has 1 aliphatic rings. The molecule has 2 aromatic heterocycles. The molecule has 1 N–H and O–H groups in total. The fourth-order valence-electron chi connectivity index (χ4n) is 2.22. The van der Waals surface area contributed by atoms with Gasteiger partial charge in [-0.25, -0.2) is 4.98 Å². The Morgan fingerprint density at radius 2 is 2.35 bits per heavy atom. The number of aromatic nitrogens is 1. The van der Waals surface area contributed by atoms with Crippen molar-refractivity contribution in [3.8, 4) is 9.88 Å². The second kappa shape index (κ2) is 5.81. The average Bonchev–Trinajstić information content (AvgIpc) is 3.06. The molecule has 1 saturated heterocycles. The highest BCUT2D eigenvalue weighted by Crippen LogP contribution is 2.33. The van der Waals surface area contributed by atoms with Crippen LogP contribution in [0, 0.1) is 0 Å². The number of carbonyl (C=O) groups excluding carboxylic acids is 1. The Morgan fingerprint density at radius 3 is 3.05 bits per heavy atom. The summed E-state index contributed by atoms with van der Waals surface area (Å²) in [4.78, 5) is 19.4. The van der Waals surface area contributed by atoms with Crippen molar-refractivity contribution >= 4 is 40.2 Å². The first-order chi connectivity index (χ1) is 9.63. The third kappa shape index (κ3) is 2.88. The number of hydrogen-bond acceptors (Lipinski definition) is 5. The van der Waals surface area contributed by atoms with Gasteiger partial charge in [0.25, 0.3) is 5.91 Å². The molecule has 7 heteroatoms. The van der Waals surface area contributed by atoms with E-state index in [1.165, 1.54) is 22.7 Å². The minimum Gasteiger partial charge on any atom is -0.391 e. The Balaban J connectivity index is 1.77. The van der Waals surface area contributed by atoms with E-state index < -0.39 is 6.10 Å². The van der Waals surface area contributed by atoms with Crippen LogP contribution in [0.25, 0.3) is 9.88 Å². The van der Waals surface area contributed by atoms with Gasteiger partial charge in [-0.2, -0.15) is 0 Å². The van der Waals surface area contributed by atoms with Crippen molar-refractivity contribution in [1.82, 2.24) is 9.88 Å². The van der Waals surface area contributed by atoms with Crippen molar-refractivity contribution in [2.75, 3.05) is 13.1 Å². The molecular weight excluding hydrogens is 316 g/mol. The van der Waals surface area contributed by atoms with Gasteiger partial charge in [0.05, 0.1) is 15.3 Å². The number of nitrogens with zero attached hydrogens (tertiary/aromatic N) is 2. The predicted molar refractivity (Wildman–Crippen MR) is 81.6 cm³/mol. The molecule has 1 atom stereocenters. The number of piperidine rings is 1. The lowest BCUT2D eigenvalue weighted by molar-refractivity contribution is 0.0469. The summed E-state index contributed by atoms with van der Waals surface area (Å²) >= 11 is 8.80. The van der Waals surface area contributed by atoms with Crippen molar-refractivity contribution in [3.63, 3.8) is 0 Å². The summed E-state index contributed by atoms with van der Waals surface area (Å²) in [6, 6.07) is 3.73. The number of aliphatic hydroxyl groups is 1. The van der Waals surface area contributed by atoms with Crippen LogP contribution in [0.3, 0.4) is 0 Å². The molecule has 2 aromatic rings. The van der Waals surface area contributed by atoms with Crippen molar-refractivity contribution in [3.05, 3.63) is 27.5 Å². The molecule has 0 radical (unpaired) electrons. The summed E-state index contributed by atoms with van der Waals surface area (Å²) in [5.41, 5.74) is 0.448. The van der Waals surface area contributed by atoms with Crippen LogP contribution in [-0.2, 0) is 0 Å². The van der Waals surface area contributed by atoms with Crippen molar-refractivity contribution in [2.24, 2.45) is 0 Å². The molecule has 3 rings (SSSR count). The second-order valence-electron chi connectivity index (χ2n) is 4.69. The van der Waals surface area contributed by atoms with Crippen LogP contribution in [0.5, 0.6) is 0 Å². The average molecular weight is 329 g/mol. The molecule has 3 heterocycles. The van der Waals surface area contributed by atoms with Crippen LogP contribution in [0.2, 0.25) is 4.34 Å². The van der Waals surface area contributed by atoms with Gasteiger partial charge in [-0.05, 0) is 25.0 Å². The maximum absolute atomic E-state index is 12.3. The maximum Gasteiger partial charge on any atom is 0.273 e. The molecule has 0 aliphatic carbocycles. The summed E-state index contributed by atoms with van der Waals surface area (Å²) in [6.07, 6.45) is 1.19. The zero-order chi connectivity index (χ0) is 14.1. The Morgan fingerprint density at radius 1 is 1.50 bits per heavy atom. The van der Waals surface area contributed by atoms with E-state index in [4.69, 9.17) is 11.6 Å². The van der Waals surface area contributed by atoms with Gasteiger partial charge < -0.3 is 10.0 Å². The SMILES string of the molecule is O=C(c1csc(-c2ccc(Cl)s2)n1)N1CCCC(O)C1. The van der Waals surface area contributed by atoms with E-state index in [-0.39, 0.29) is 5.91 Å². The third-order valence-electron chi connectivity index (χ3n) is 3.19. The fourth-order valence-corrected chi connectivity index (χ4v) is 4.12. The van der Waals surface area contributed by atoms with Gasteiger partial charge >= 0.3 is 0 Å². The fraction of sp³-hybridized carbons (Fsp3) is 0.385. The number of thiazole rings is 1. The molecule has 1 unspecified atom stereocenters. The summed E-state index contributed by atoms with van der Waals surface area (Å²) < 4.78 is 0.710. The molecular formula is C13H13ClN2O2S2. The molecule has 0 saturated carbocycles. The minimum atomic E-state index is -0.415. The van der Waals surface area contributed by atoms with Gasteiger partial charge in [-0.1, -0.05) is 11.6 Å². The summed E-state index contributed by atoms with van der Waals surface area (Å²) in [7, 11) is 0. The Kier molecular flexibility index (Phi) is 4.07. The zero-order valence-corrected chi connectivity index (χ0v) is 13.0. The van der Waals surface area contributed by atoms with Crippen LogP contribution in [0.4, 0.5) is 0 Å². The van der Waals surface area contributed by atoms with Crippen LogP contribution in [0.15, 0.2) is 17.5 Å². The third-order valence-corrected chi connectivity index (χ3v) is 5.43. The lowest BCUT2D eigenvalue weighted by atomic mass is 10.1. The number of hydrogen-bond donors (Lipinski definition) is 1. The number of thiophene rings is 1. The molecule has 0 spiro atoms. The molecule has 20 heavy (non-hydrogen) atoms. The molecule has 1 amide bonds.